The minimum absolute atomic E-state index is 0.136. The fraction of sp³-hybridized carbons (Fsp3) is 0.517. The van der Waals surface area contributed by atoms with Gasteiger partial charge in [-0.25, -0.2) is 26.3 Å². The predicted octanol–water partition coefficient (Wildman–Crippen LogP) is 5.15. The van der Waals surface area contributed by atoms with E-state index in [2.05, 4.69) is 20.1 Å². The number of rotatable bonds is 14. The summed E-state index contributed by atoms with van der Waals surface area (Å²) >= 11 is 0. The predicted molar refractivity (Wildman–Crippen MR) is 163 cm³/mol. The second kappa shape index (κ2) is 14.4. The van der Waals surface area contributed by atoms with Gasteiger partial charge in [-0.15, -0.1) is 0 Å². The zero-order valence-corrected chi connectivity index (χ0v) is 26.5. The minimum Gasteiger partial charge on any atom is -0.326 e. The van der Waals surface area contributed by atoms with Crippen molar-refractivity contribution >= 4 is 43.2 Å². The van der Waals surface area contributed by atoms with Crippen molar-refractivity contribution in [3.8, 4) is 0 Å². The summed E-state index contributed by atoms with van der Waals surface area (Å²) in [7, 11) is -7.26. The molecule has 0 radical (unpaired) electrons. The number of carbonyl (C=O) groups is 2. The van der Waals surface area contributed by atoms with Crippen LogP contribution in [-0.4, -0.2) is 39.7 Å². The van der Waals surface area contributed by atoms with E-state index in [-0.39, 0.29) is 21.6 Å². The zero-order valence-electron chi connectivity index (χ0n) is 24.8. The molecule has 0 aliphatic heterocycles. The molecule has 0 saturated heterocycles. The van der Waals surface area contributed by atoms with Crippen molar-refractivity contribution in [3.05, 3.63) is 48.5 Å². The molecule has 0 atom stereocenters. The Morgan fingerprint density at radius 3 is 1.12 bits per heavy atom. The second-order valence-electron chi connectivity index (χ2n) is 12.1. The number of unbranched alkanes of at least 4 members (excludes halogenated alkanes) is 4. The van der Waals surface area contributed by atoms with E-state index in [0.717, 1.165) is 19.3 Å². The molecule has 2 aromatic carbocycles. The van der Waals surface area contributed by atoms with Crippen LogP contribution in [-0.2, 0) is 29.6 Å². The normalized spacial score (nSPS) is 12.6. The molecule has 2 rings (SSSR count). The van der Waals surface area contributed by atoms with Gasteiger partial charge in [0.1, 0.15) is 0 Å². The van der Waals surface area contributed by atoms with Gasteiger partial charge in [0.15, 0.2) is 0 Å². The van der Waals surface area contributed by atoms with Crippen molar-refractivity contribution in [3.63, 3.8) is 0 Å². The molecule has 0 spiro atoms. The molecular weight excluding hydrogens is 564 g/mol. The molecule has 0 aliphatic carbocycles. The van der Waals surface area contributed by atoms with Gasteiger partial charge in [0.25, 0.3) is 0 Å². The van der Waals surface area contributed by atoms with Crippen molar-refractivity contribution in [1.82, 2.24) is 9.44 Å². The number of sulfonamides is 2. The van der Waals surface area contributed by atoms with E-state index in [9.17, 15) is 26.4 Å². The Morgan fingerprint density at radius 1 is 0.537 bits per heavy atom. The number of hydrogen-bond donors (Lipinski definition) is 4. The summed E-state index contributed by atoms with van der Waals surface area (Å²) in [5, 5.41) is 5.57. The van der Waals surface area contributed by atoms with Crippen molar-refractivity contribution in [2.75, 3.05) is 10.6 Å². The topological polar surface area (TPSA) is 151 Å². The summed E-state index contributed by atoms with van der Waals surface area (Å²) in [5.74, 6) is -0.276. The molecule has 228 valence electrons. The van der Waals surface area contributed by atoms with Crippen LogP contribution in [0.15, 0.2) is 58.3 Å². The van der Waals surface area contributed by atoms with E-state index in [1.807, 2.05) is 0 Å². The molecule has 0 saturated carbocycles. The van der Waals surface area contributed by atoms with Gasteiger partial charge < -0.3 is 10.6 Å². The molecule has 41 heavy (non-hydrogen) atoms. The van der Waals surface area contributed by atoms with Crippen LogP contribution in [0.5, 0.6) is 0 Å². The van der Waals surface area contributed by atoms with Crippen molar-refractivity contribution in [2.45, 2.75) is 107 Å². The van der Waals surface area contributed by atoms with Crippen LogP contribution < -0.4 is 20.1 Å². The third-order valence-electron chi connectivity index (χ3n) is 5.59. The molecule has 0 aromatic heterocycles. The summed E-state index contributed by atoms with van der Waals surface area (Å²) in [6.07, 6.45) is 4.71. The van der Waals surface area contributed by atoms with Crippen molar-refractivity contribution < 1.29 is 26.4 Å². The Morgan fingerprint density at radius 2 is 0.829 bits per heavy atom. The van der Waals surface area contributed by atoms with E-state index in [4.69, 9.17) is 0 Å². The van der Waals surface area contributed by atoms with E-state index < -0.39 is 31.1 Å². The van der Waals surface area contributed by atoms with E-state index in [0.29, 0.717) is 37.1 Å². The van der Waals surface area contributed by atoms with Gasteiger partial charge in [0, 0.05) is 35.3 Å². The number of hydrogen-bond acceptors (Lipinski definition) is 6. The summed E-state index contributed by atoms with van der Waals surface area (Å²) in [5.41, 5.74) is -0.115. The molecule has 2 aromatic rings. The fourth-order valence-corrected chi connectivity index (χ4v) is 6.74. The number of anilines is 2. The Bertz CT molecular complexity index is 1270. The average Bonchev–Trinajstić information content (AvgIpc) is 2.81. The summed E-state index contributed by atoms with van der Waals surface area (Å²) in [6, 6.07) is 12.1. The second-order valence-corrected chi connectivity index (χ2v) is 15.5. The smallest absolute Gasteiger partial charge is 0.241 e. The van der Waals surface area contributed by atoms with Gasteiger partial charge in [0.05, 0.1) is 9.79 Å². The lowest BCUT2D eigenvalue weighted by Crippen LogP contribution is -2.40. The molecule has 0 bridgehead atoms. The van der Waals surface area contributed by atoms with Gasteiger partial charge in [0.2, 0.25) is 31.9 Å². The quantitative estimate of drug-likeness (QED) is 0.218. The Balaban J connectivity index is 1.63. The van der Waals surface area contributed by atoms with Crippen LogP contribution in [0.3, 0.4) is 0 Å². The Kier molecular flexibility index (Phi) is 12.1. The van der Waals surface area contributed by atoms with Gasteiger partial charge in [-0.2, -0.15) is 0 Å². The first-order valence-corrected chi connectivity index (χ1v) is 16.7. The minimum atomic E-state index is -3.63. The van der Waals surface area contributed by atoms with Gasteiger partial charge in [-0.3, -0.25) is 9.59 Å². The van der Waals surface area contributed by atoms with Crippen LogP contribution in [0.1, 0.15) is 86.5 Å². The molecule has 0 heterocycles. The lowest BCUT2D eigenvalue weighted by atomic mass is 10.1. The Labute approximate surface area is 245 Å². The van der Waals surface area contributed by atoms with Crippen LogP contribution in [0.4, 0.5) is 11.4 Å². The maximum atomic E-state index is 12.4. The third kappa shape index (κ3) is 13.2. The largest absolute Gasteiger partial charge is 0.326 e. The van der Waals surface area contributed by atoms with Crippen LogP contribution >= 0.6 is 0 Å². The fourth-order valence-electron chi connectivity index (χ4n) is 3.91. The lowest BCUT2D eigenvalue weighted by molar-refractivity contribution is -0.117. The molecule has 0 unspecified atom stereocenters. The highest BCUT2D eigenvalue weighted by atomic mass is 32.2. The highest BCUT2D eigenvalue weighted by Gasteiger charge is 2.23. The third-order valence-corrected chi connectivity index (χ3v) is 9.13. The summed E-state index contributed by atoms with van der Waals surface area (Å²) < 4.78 is 54.7. The van der Waals surface area contributed by atoms with Crippen LogP contribution in [0.2, 0.25) is 0 Å². The van der Waals surface area contributed by atoms with Crippen molar-refractivity contribution in [2.24, 2.45) is 0 Å². The number of benzene rings is 2. The first-order valence-electron chi connectivity index (χ1n) is 13.7. The highest BCUT2D eigenvalue weighted by Crippen LogP contribution is 2.18. The Hall–Kier alpha value is -2.80. The molecule has 0 aliphatic rings. The maximum absolute atomic E-state index is 12.4. The molecule has 12 heteroatoms. The first-order chi connectivity index (χ1) is 18.9. The van der Waals surface area contributed by atoms with Gasteiger partial charge in [-0.05, 0) is 103 Å². The first kappa shape index (κ1) is 34.4. The van der Waals surface area contributed by atoms with Crippen LogP contribution in [0, 0.1) is 0 Å². The number of carbonyl (C=O) groups excluding carboxylic acids is 2. The van der Waals surface area contributed by atoms with E-state index in [1.165, 1.54) is 24.3 Å². The number of amides is 2. The van der Waals surface area contributed by atoms with Crippen LogP contribution in [0.25, 0.3) is 0 Å². The molecule has 10 nitrogen and oxygen atoms in total. The standard InChI is InChI=1S/C29H44N4O6S2/c1-28(2,3)32-40(36,37)24-18-14-22(15-19-24)30-26(34)12-10-8-7-9-11-13-27(35)31-23-16-20-25(21-17-23)41(38,39)33-29(4,5)6/h14-21,32-33H,7-13H2,1-6H3,(H,30,34)(H,31,35). The van der Waals surface area contributed by atoms with Gasteiger partial charge in [-0.1, -0.05) is 19.3 Å². The molecule has 4 N–H and O–H groups in total. The number of nitrogens with one attached hydrogen (secondary N) is 4. The summed E-state index contributed by atoms with van der Waals surface area (Å²) in [4.78, 5) is 24.7. The average molecular weight is 609 g/mol. The SMILES string of the molecule is CC(C)(C)NS(=O)(=O)c1ccc(NC(=O)CCCCCCCC(=O)Nc2ccc(S(=O)(=O)NC(C)(C)C)cc2)cc1. The molecule has 2 amide bonds. The van der Waals surface area contributed by atoms with Gasteiger partial charge >= 0.3 is 0 Å². The zero-order chi connectivity index (χ0) is 30.9. The monoisotopic (exact) mass is 608 g/mol. The van der Waals surface area contributed by atoms with E-state index >= 15 is 0 Å². The molecular formula is C29H44N4O6S2. The maximum Gasteiger partial charge on any atom is 0.241 e. The highest BCUT2D eigenvalue weighted by molar-refractivity contribution is 7.89. The van der Waals surface area contributed by atoms with Crippen molar-refractivity contribution in [1.29, 1.82) is 0 Å². The lowest BCUT2D eigenvalue weighted by Gasteiger charge is -2.20. The molecule has 0 fully saturated rings. The van der Waals surface area contributed by atoms with E-state index in [1.54, 1.807) is 65.8 Å². The summed E-state index contributed by atoms with van der Waals surface area (Å²) in [6.45, 7) is 10.6.